The first kappa shape index (κ1) is 24.0. The maximum Gasteiger partial charge on any atom is 0.267 e. The molecule has 3 heterocycles. The van der Waals surface area contributed by atoms with E-state index in [-0.39, 0.29) is 32.7 Å². The van der Waals surface area contributed by atoms with Gasteiger partial charge in [0.1, 0.15) is 16.4 Å². The summed E-state index contributed by atoms with van der Waals surface area (Å²) in [4.78, 5) is 30.5. The van der Waals surface area contributed by atoms with Gasteiger partial charge in [-0.15, -0.1) is 11.3 Å². The number of pyridine rings is 1. The van der Waals surface area contributed by atoms with Crippen LogP contribution in [0.4, 0.5) is 11.5 Å². The van der Waals surface area contributed by atoms with Crippen LogP contribution in [0.3, 0.4) is 0 Å². The van der Waals surface area contributed by atoms with Crippen LogP contribution in [0.15, 0.2) is 54.3 Å². The Bertz CT molecular complexity index is 1340. The van der Waals surface area contributed by atoms with Crippen LogP contribution >= 0.6 is 46.1 Å². The topological polar surface area (TPSA) is 98.1 Å². The molecule has 0 unspecified atom stereocenters. The molecule has 2 amide bonds. The average Bonchev–Trinajstić information content (AvgIpc) is 3.46. The van der Waals surface area contributed by atoms with Crippen LogP contribution in [-0.2, 0) is 6.54 Å². The lowest BCUT2D eigenvalue weighted by molar-refractivity contribution is 0.102. The summed E-state index contributed by atoms with van der Waals surface area (Å²) >= 11 is 19.7. The van der Waals surface area contributed by atoms with E-state index < -0.39 is 11.8 Å². The molecular formula is C22H16Cl3N5O3S. The maximum absolute atomic E-state index is 13.1. The molecule has 0 aliphatic heterocycles. The monoisotopic (exact) mass is 535 g/mol. The first-order chi connectivity index (χ1) is 16.4. The van der Waals surface area contributed by atoms with Crippen LogP contribution in [0.5, 0.6) is 5.75 Å². The number of nitrogens with one attached hydrogen (secondary N) is 2. The largest absolute Gasteiger partial charge is 0.494 e. The number of hydrogen-bond donors (Lipinski definition) is 2. The Hall–Kier alpha value is -3.11. The molecule has 12 heteroatoms. The Morgan fingerprint density at radius 3 is 2.62 bits per heavy atom. The molecule has 0 spiro atoms. The van der Waals surface area contributed by atoms with Gasteiger partial charge in [0.15, 0.2) is 0 Å². The van der Waals surface area contributed by atoms with Crippen LogP contribution in [0, 0.1) is 0 Å². The molecule has 0 atom stereocenters. The zero-order valence-electron chi connectivity index (χ0n) is 17.5. The lowest BCUT2D eigenvalue weighted by Crippen LogP contribution is -2.19. The number of ether oxygens (including phenoxy) is 1. The van der Waals surface area contributed by atoms with Crippen molar-refractivity contribution in [2.45, 2.75) is 6.54 Å². The number of carbonyl (C=O) groups is 2. The highest BCUT2D eigenvalue weighted by Gasteiger charge is 2.23. The highest BCUT2D eigenvalue weighted by Crippen LogP contribution is 2.35. The fraction of sp³-hybridized carbons (Fsp3) is 0.0909. The van der Waals surface area contributed by atoms with Crippen molar-refractivity contribution in [3.05, 3.63) is 85.4 Å². The van der Waals surface area contributed by atoms with Crippen molar-refractivity contribution >= 4 is 69.5 Å². The third-order valence-corrected chi connectivity index (χ3v) is 6.65. The van der Waals surface area contributed by atoms with Crippen LogP contribution in [0.1, 0.15) is 25.6 Å². The predicted molar refractivity (Wildman–Crippen MR) is 134 cm³/mol. The standard InChI is InChI=1S/C22H16Cl3N5O3S/c1-33-16-8-14(24)7-15(21(31)28-17-4-3-13(23)9-26-17)19(16)29-22(32)20-18(25)12(11-34-20)10-30-6-2-5-27-30/h2-9,11H,10H2,1H3,(H,29,32)(H,26,28,31). The molecule has 8 nitrogen and oxygen atoms in total. The summed E-state index contributed by atoms with van der Waals surface area (Å²) in [6.45, 7) is 0.418. The zero-order chi connectivity index (χ0) is 24.2. The van der Waals surface area contributed by atoms with Crippen LogP contribution < -0.4 is 15.4 Å². The molecule has 0 bridgehead atoms. The fourth-order valence-corrected chi connectivity index (χ4v) is 4.63. The van der Waals surface area contributed by atoms with Crippen molar-refractivity contribution in [2.75, 3.05) is 17.7 Å². The van der Waals surface area contributed by atoms with E-state index in [9.17, 15) is 9.59 Å². The lowest BCUT2D eigenvalue weighted by Gasteiger charge is -2.15. The predicted octanol–water partition coefficient (Wildman–Crippen LogP) is 5.86. The number of benzene rings is 1. The Morgan fingerprint density at radius 1 is 1.12 bits per heavy atom. The van der Waals surface area contributed by atoms with E-state index in [0.717, 1.165) is 5.56 Å². The number of nitrogens with zero attached hydrogens (tertiary/aromatic N) is 3. The van der Waals surface area contributed by atoms with Gasteiger partial charge in [0, 0.05) is 35.2 Å². The quantitative estimate of drug-likeness (QED) is 0.308. The van der Waals surface area contributed by atoms with E-state index in [4.69, 9.17) is 39.5 Å². The minimum absolute atomic E-state index is 0.0823. The smallest absolute Gasteiger partial charge is 0.267 e. The molecule has 3 aromatic heterocycles. The van der Waals surface area contributed by atoms with Crippen molar-refractivity contribution in [3.63, 3.8) is 0 Å². The van der Waals surface area contributed by atoms with Gasteiger partial charge in [-0.2, -0.15) is 5.10 Å². The SMILES string of the molecule is COc1cc(Cl)cc(C(=O)Nc2ccc(Cl)cn2)c1NC(=O)c1scc(Cn2cccn2)c1Cl. The van der Waals surface area contributed by atoms with Gasteiger partial charge in [-0.3, -0.25) is 14.3 Å². The minimum atomic E-state index is -0.553. The van der Waals surface area contributed by atoms with Gasteiger partial charge in [-0.1, -0.05) is 34.8 Å². The van der Waals surface area contributed by atoms with E-state index in [1.165, 1.54) is 36.8 Å². The number of halogens is 3. The molecule has 34 heavy (non-hydrogen) atoms. The summed E-state index contributed by atoms with van der Waals surface area (Å²) in [5, 5.41) is 12.3. The molecule has 0 saturated carbocycles. The highest BCUT2D eigenvalue weighted by molar-refractivity contribution is 7.13. The van der Waals surface area contributed by atoms with Gasteiger partial charge >= 0.3 is 0 Å². The van der Waals surface area contributed by atoms with E-state index in [1.807, 2.05) is 0 Å². The molecule has 0 radical (unpaired) electrons. The molecule has 4 rings (SSSR count). The average molecular weight is 537 g/mol. The highest BCUT2D eigenvalue weighted by atomic mass is 35.5. The molecule has 4 aromatic rings. The van der Waals surface area contributed by atoms with Crippen molar-refractivity contribution in [1.82, 2.24) is 14.8 Å². The number of anilines is 2. The summed E-state index contributed by atoms with van der Waals surface area (Å²) in [6.07, 6.45) is 4.86. The van der Waals surface area contributed by atoms with Crippen molar-refractivity contribution in [2.24, 2.45) is 0 Å². The van der Waals surface area contributed by atoms with Gasteiger partial charge in [-0.05, 0) is 29.6 Å². The molecule has 0 aliphatic rings. The fourth-order valence-electron chi connectivity index (χ4n) is 3.06. The molecular weight excluding hydrogens is 521 g/mol. The Labute approximate surface area is 213 Å². The number of thiophene rings is 1. The van der Waals surface area contributed by atoms with Gasteiger partial charge < -0.3 is 15.4 Å². The van der Waals surface area contributed by atoms with Gasteiger partial charge in [0.2, 0.25) is 0 Å². The van der Waals surface area contributed by atoms with E-state index in [2.05, 4.69) is 20.7 Å². The summed E-state index contributed by atoms with van der Waals surface area (Å²) in [5.41, 5.74) is 0.968. The minimum Gasteiger partial charge on any atom is -0.494 e. The first-order valence-electron chi connectivity index (χ1n) is 9.70. The number of amides is 2. The van der Waals surface area contributed by atoms with Crippen molar-refractivity contribution < 1.29 is 14.3 Å². The van der Waals surface area contributed by atoms with Gasteiger partial charge in [-0.25, -0.2) is 4.98 Å². The third kappa shape index (κ3) is 5.34. The third-order valence-electron chi connectivity index (χ3n) is 4.64. The molecule has 0 saturated heterocycles. The summed E-state index contributed by atoms with van der Waals surface area (Å²) in [5.74, 6) is -0.571. The van der Waals surface area contributed by atoms with E-state index in [1.54, 1.807) is 40.7 Å². The lowest BCUT2D eigenvalue weighted by atomic mass is 10.1. The number of carbonyl (C=O) groups excluding carboxylic acids is 2. The van der Waals surface area contributed by atoms with Crippen LogP contribution in [-0.4, -0.2) is 33.7 Å². The summed E-state index contributed by atoms with van der Waals surface area (Å²) in [6, 6.07) is 7.85. The Morgan fingerprint density at radius 2 is 1.94 bits per heavy atom. The molecule has 0 aliphatic carbocycles. The van der Waals surface area contributed by atoms with Crippen molar-refractivity contribution in [3.8, 4) is 5.75 Å². The van der Waals surface area contributed by atoms with E-state index >= 15 is 0 Å². The van der Waals surface area contributed by atoms with E-state index in [0.29, 0.717) is 16.6 Å². The van der Waals surface area contributed by atoms with Gasteiger partial charge in [0.05, 0.1) is 35.0 Å². The van der Waals surface area contributed by atoms with Crippen LogP contribution in [0.25, 0.3) is 0 Å². The van der Waals surface area contributed by atoms with Gasteiger partial charge in [0.25, 0.3) is 11.8 Å². The normalized spacial score (nSPS) is 10.7. The molecule has 0 fully saturated rings. The number of hydrogen-bond acceptors (Lipinski definition) is 6. The second-order valence-electron chi connectivity index (χ2n) is 6.91. The maximum atomic E-state index is 13.1. The zero-order valence-corrected chi connectivity index (χ0v) is 20.6. The number of rotatable bonds is 7. The second kappa shape index (κ2) is 10.4. The van der Waals surface area contributed by atoms with Crippen LogP contribution in [0.2, 0.25) is 15.1 Å². The first-order valence-corrected chi connectivity index (χ1v) is 11.7. The second-order valence-corrected chi connectivity index (χ2v) is 9.04. The summed E-state index contributed by atoms with van der Waals surface area (Å²) < 4.78 is 7.07. The number of methoxy groups -OCH3 is 1. The molecule has 1 aromatic carbocycles. The summed E-state index contributed by atoms with van der Waals surface area (Å²) in [7, 11) is 1.41. The number of aromatic nitrogens is 3. The Kier molecular flexibility index (Phi) is 7.38. The molecule has 2 N–H and O–H groups in total. The van der Waals surface area contributed by atoms with Crippen molar-refractivity contribution in [1.29, 1.82) is 0 Å². The Balaban J connectivity index is 1.62. The molecule has 174 valence electrons.